The fourth-order valence-corrected chi connectivity index (χ4v) is 1.61. The molecule has 4 heteroatoms. The number of halogens is 1. The summed E-state index contributed by atoms with van der Waals surface area (Å²) in [6.45, 7) is 2.44. The third-order valence-corrected chi connectivity index (χ3v) is 2.92. The highest BCUT2D eigenvalue weighted by atomic mass is 19.1. The Bertz CT molecular complexity index is 364. The fraction of sp³-hybridized carbons (Fsp3) is 0.462. The van der Waals surface area contributed by atoms with Crippen LogP contribution < -0.4 is 5.73 Å². The lowest BCUT2D eigenvalue weighted by molar-refractivity contribution is -0.131. The highest BCUT2D eigenvalue weighted by Crippen LogP contribution is 2.19. The van der Waals surface area contributed by atoms with Gasteiger partial charge in [0.15, 0.2) is 0 Å². The van der Waals surface area contributed by atoms with E-state index in [1.807, 2.05) is 6.92 Å². The Morgan fingerprint density at radius 3 is 2.53 bits per heavy atom. The predicted octanol–water partition coefficient (Wildman–Crippen LogP) is 2.08. The fourth-order valence-electron chi connectivity index (χ4n) is 1.61. The molecule has 0 bridgehead atoms. The molecular weight excluding hydrogens is 219 g/mol. The SMILES string of the molecule is CC(c1ccc(F)cc1)N(C)C(=O)CCCN. The summed E-state index contributed by atoms with van der Waals surface area (Å²) in [7, 11) is 1.76. The van der Waals surface area contributed by atoms with Crippen LogP contribution in [-0.2, 0) is 4.79 Å². The van der Waals surface area contributed by atoms with E-state index in [2.05, 4.69) is 0 Å². The van der Waals surface area contributed by atoms with E-state index in [1.165, 1.54) is 12.1 Å². The number of benzene rings is 1. The van der Waals surface area contributed by atoms with E-state index in [-0.39, 0.29) is 17.8 Å². The number of nitrogens with zero attached hydrogens (tertiary/aromatic N) is 1. The van der Waals surface area contributed by atoms with Crippen molar-refractivity contribution in [3.05, 3.63) is 35.6 Å². The maximum Gasteiger partial charge on any atom is 0.222 e. The molecule has 0 aliphatic carbocycles. The molecular formula is C13H19FN2O. The first kappa shape index (κ1) is 13.6. The van der Waals surface area contributed by atoms with E-state index in [0.29, 0.717) is 19.4 Å². The van der Waals surface area contributed by atoms with E-state index in [4.69, 9.17) is 5.73 Å². The van der Waals surface area contributed by atoms with Gasteiger partial charge in [-0.05, 0) is 37.6 Å². The molecule has 94 valence electrons. The molecule has 0 aromatic heterocycles. The van der Waals surface area contributed by atoms with Gasteiger partial charge in [0.1, 0.15) is 5.82 Å². The molecule has 1 aromatic rings. The zero-order chi connectivity index (χ0) is 12.8. The largest absolute Gasteiger partial charge is 0.339 e. The Hall–Kier alpha value is -1.42. The van der Waals surface area contributed by atoms with E-state index in [9.17, 15) is 9.18 Å². The lowest BCUT2D eigenvalue weighted by Gasteiger charge is -2.25. The zero-order valence-corrected chi connectivity index (χ0v) is 10.3. The number of rotatable bonds is 5. The maximum atomic E-state index is 12.8. The lowest BCUT2D eigenvalue weighted by Crippen LogP contribution is -2.29. The van der Waals surface area contributed by atoms with Crippen molar-refractivity contribution in [1.82, 2.24) is 4.90 Å². The second-order valence-electron chi connectivity index (χ2n) is 4.12. The first-order chi connectivity index (χ1) is 8.06. The molecule has 0 aliphatic rings. The van der Waals surface area contributed by atoms with Crippen LogP contribution >= 0.6 is 0 Å². The summed E-state index contributed by atoms with van der Waals surface area (Å²) in [5.41, 5.74) is 6.29. The smallest absolute Gasteiger partial charge is 0.222 e. The average molecular weight is 238 g/mol. The second-order valence-corrected chi connectivity index (χ2v) is 4.12. The molecule has 1 unspecified atom stereocenters. The summed E-state index contributed by atoms with van der Waals surface area (Å²) < 4.78 is 12.8. The molecule has 1 atom stereocenters. The van der Waals surface area contributed by atoms with Gasteiger partial charge in [0.2, 0.25) is 5.91 Å². The third kappa shape index (κ3) is 3.82. The van der Waals surface area contributed by atoms with Gasteiger partial charge < -0.3 is 10.6 Å². The highest BCUT2D eigenvalue weighted by Gasteiger charge is 2.16. The van der Waals surface area contributed by atoms with E-state index >= 15 is 0 Å². The zero-order valence-electron chi connectivity index (χ0n) is 10.3. The van der Waals surface area contributed by atoms with Crippen LogP contribution in [0.15, 0.2) is 24.3 Å². The Kier molecular flexibility index (Phi) is 5.10. The molecule has 0 fully saturated rings. The molecule has 2 N–H and O–H groups in total. The van der Waals surface area contributed by atoms with Crippen LogP contribution in [0.1, 0.15) is 31.4 Å². The molecule has 0 saturated carbocycles. The van der Waals surface area contributed by atoms with Crippen molar-refractivity contribution in [2.75, 3.05) is 13.6 Å². The monoisotopic (exact) mass is 238 g/mol. The number of amides is 1. The van der Waals surface area contributed by atoms with E-state index in [0.717, 1.165) is 5.56 Å². The van der Waals surface area contributed by atoms with Crippen LogP contribution in [0.25, 0.3) is 0 Å². The van der Waals surface area contributed by atoms with Crippen molar-refractivity contribution in [3.8, 4) is 0 Å². The van der Waals surface area contributed by atoms with Crippen LogP contribution in [0.3, 0.4) is 0 Å². The van der Waals surface area contributed by atoms with E-state index in [1.54, 1.807) is 24.1 Å². The first-order valence-electron chi connectivity index (χ1n) is 5.77. The van der Waals surface area contributed by atoms with Gasteiger partial charge in [-0.25, -0.2) is 4.39 Å². The Morgan fingerprint density at radius 1 is 1.41 bits per heavy atom. The van der Waals surface area contributed by atoms with E-state index < -0.39 is 0 Å². The standard InChI is InChI=1S/C13H19FN2O/c1-10(11-5-7-12(14)8-6-11)16(2)13(17)4-3-9-15/h5-8,10H,3-4,9,15H2,1-2H3. The molecule has 17 heavy (non-hydrogen) atoms. The average Bonchev–Trinajstić information content (AvgIpc) is 2.35. The Balaban J connectivity index is 2.65. The maximum absolute atomic E-state index is 12.8. The van der Waals surface area contributed by atoms with Crippen LogP contribution in [-0.4, -0.2) is 24.4 Å². The lowest BCUT2D eigenvalue weighted by atomic mass is 10.1. The normalized spacial score (nSPS) is 12.2. The molecule has 0 saturated heterocycles. The second kappa shape index (κ2) is 6.35. The van der Waals surface area contributed by atoms with Gasteiger partial charge in [-0.15, -0.1) is 0 Å². The van der Waals surface area contributed by atoms with Gasteiger partial charge in [0, 0.05) is 13.5 Å². The predicted molar refractivity (Wildman–Crippen MR) is 65.9 cm³/mol. The van der Waals surface area contributed by atoms with Gasteiger partial charge in [-0.3, -0.25) is 4.79 Å². The summed E-state index contributed by atoms with van der Waals surface area (Å²) in [5.74, 6) is -0.203. The van der Waals surface area contributed by atoms with Crippen LogP contribution in [0.4, 0.5) is 4.39 Å². The minimum absolute atomic E-state index is 0.0547. The summed E-state index contributed by atoms with van der Waals surface area (Å²) >= 11 is 0. The van der Waals surface area contributed by atoms with Crippen molar-refractivity contribution in [1.29, 1.82) is 0 Å². The summed E-state index contributed by atoms with van der Waals surface area (Å²) in [5, 5.41) is 0. The Morgan fingerprint density at radius 2 is 2.00 bits per heavy atom. The number of carbonyl (C=O) groups excluding carboxylic acids is 1. The van der Waals surface area contributed by atoms with Crippen molar-refractivity contribution < 1.29 is 9.18 Å². The molecule has 0 aliphatic heterocycles. The van der Waals surface area contributed by atoms with Gasteiger partial charge in [0.05, 0.1) is 6.04 Å². The minimum Gasteiger partial charge on any atom is -0.339 e. The van der Waals surface area contributed by atoms with Crippen molar-refractivity contribution in [3.63, 3.8) is 0 Å². The van der Waals surface area contributed by atoms with Crippen LogP contribution in [0.5, 0.6) is 0 Å². The first-order valence-corrected chi connectivity index (χ1v) is 5.77. The van der Waals surface area contributed by atoms with Crippen molar-refractivity contribution >= 4 is 5.91 Å². The molecule has 1 amide bonds. The summed E-state index contributed by atoms with van der Waals surface area (Å²) in [4.78, 5) is 13.4. The molecule has 0 spiro atoms. The van der Waals surface area contributed by atoms with Crippen molar-refractivity contribution in [2.45, 2.75) is 25.8 Å². The molecule has 1 rings (SSSR count). The van der Waals surface area contributed by atoms with Gasteiger partial charge in [0.25, 0.3) is 0 Å². The molecule has 0 radical (unpaired) electrons. The molecule has 3 nitrogen and oxygen atoms in total. The minimum atomic E-state index is -0.266. The number of nitrogens with two attached hydrogens (primary N) is 1. The third-order valence-electron chi connectivity index (χ3n) is 2.92. The summed E-state index contributed by atoms with van der Waals surface area (Å²) in [6, 6.07) is 6.16. The van der Waals surface area contributed by atoms with Crippen LogP contribution in [0, 0.1) is 5.82 Å². The highest BCUT2D eigenvalue weighted by molar-refractivity contribution is 5.76. The Labute approximate surface area is 101 Å². The number of hydrogen-bond donors (Lipinski definition) is 1. The number of carbonyl (C=O) groups is 1. The van der Waals surface area contributed by atoms with Gasteiger partial charge in [-0.2, -0.15) is 0 Å². The van der Waals surface area contributed by atoms with Crippen LogP contribution in [0.2, 0.25) is 0 Å². The summed E-state index contributed by atoms with van der Waals surface area (Å²) in [6.07, 6.45) is 1.15. The number of hydrogen-bond acceptors (Lipinski definition) is 2. The van der Waals surface area contributed by atoms with Crippen molar-refractivity contribution in [2.24, 2.45) is 5.73 Å². The van der Waals surface area contributed by atoms with Gasteiger partial charge >= 0.3 is 0 Å². The quantitative estimate of drug-likeness (QED) is 0.853. The molecule has 0 heterocycles. The van der Waals surface area contributed by atoms with Gasteiger partial charge in [-0.1, -0.05) is 12.1 Å². The topological polar surface area (TPSA) is 46.3 Å². The molecule has 1 aromatic carbocycles.